The average molecular weight is 95.1 g/mol. The van der Waals surface area contributed by atoms with Crippen LogP contribution in [0, 0.1) is 0 Å². The highest BCUT2D eigenvalue weighted by Crippen LogP contribution is 2.03. The lowest BCUT2D eigenvalue weighted by molar-refractivity contribution is 0.948. The molecule has 0 aromatic rings. The van der Waals surface area contributed by atoms with Crippen molar-refractivity contribution in [3.63, 3.8) is 0 Å². The molecule has 1 aliphatic rings. The summed E-state index contributed by atoms with van der Waals surface area (Å²) in [5.74, 6) is 0. The van der Waals surface area contributed by atoms with Crippen LogP contribution in [0.5, 0.6) is 0 Å². The van der Waals surface area contributed by atoms with Gasteiger partial charge in [0.25, 0.3) is 0 Å². The van der Waals surface area contributed by atoms with Gasteiger partial charge in [-0.1, -0.05) is 6.08 Å². The molecule has 0 aromatic heterocycles. The van der Waals surface area contributed by atoms with E-state index < -0.39 is 0 Å². The molecule has 1 unspecified atom stereocenters. The molecule has 0 saturated carbocycles. The molecule has 0 radical (unpaired) electrons. The Kier molecular flexibility index (Phi) is 0.970. The molecule has 1 aliphatic heterocycles. The van der Waals surface area contributed by atoms with Crippen molar-refractivity contribution < 1.29 is 0 Å². The van der Waals surface area contributed by atoms with E-state index in [4.69, 9.17) is 0 Å². The minimum absolute atomic E-state index is 0.431. The molecular formula is C6H9N. The van der Waals surface area contributed by atoms with Gasteiger partial charge in [0.1, 0.15) is 0 Å². The smallest absolute Gasteiger partial charge is 0.0657 e. The van der Waals surface area contributed by atoms with Gasteiger partial charge in [-0.25, -0.2) is 0 Å². The molecule has 1 atom stereocenters. The number of nitrogens with zero attached hydrogens (tertiary/aromatic N) is 1. The van der Waals surface area contributed by atoms with Crippen molar-refractivity contribution >= 4 is 6.21 Å². The normalized spacial score (nSPS) is 28.3. The first-order valence-corrected chi connectivity index (χ1v) is 2.50. The van der Waals surface area contributed by atoms with E-state index in [0.717, 1.165) is 0 Å². The second-order valence-corrected chi connectivity index (χ2v) is 1.93. The minimum Gasteiger partial charge on any atom is -0.286 e. The van der Waals surface area contributed by atoms with Crippen molar-refractivity contribution in [2.24, 2.45) is 4.99 Å². The predicted octanol–water partition coefficient (Wildman–Crippen LogP) is 1.41. The van der Waals surface area contributed by atoms with Crippen molar-refractivity contribution in [2.75, 3.05) is 0 Å². The van der Waals surface area contributed by atoms with Gasteiger partial charge < -0.3 is 0 Å². The Bertz CT molecular complexity index is 122. The van der Waals surface area contributed by atoms with Crippen molar-refractivity contribution in [1.82, 2.24) is 0 Å². The number of hydrogen-bond acceptors (Lipinski definition) is 1. The number of rotatable bonds is 0. The maximum absolute atomic E-state index is 4.10. The van der Waals surface area contributed by atoms with Crippen LogP contribution in [0.15, 0.2) is 16.6 Å². The fourth-order valence-corrected chi connectivity index (χ4v) is 0.702. The summed E-state index contributed by atoms with van der Waals surface area (Å²) in [4.78, 5) is 4.10. The fraction of sp³-hybridized carbons (Fsp3) is 0.500. The standard InChI is InChI=1S/C6H9N/c1-5-3-6(2)7-4-5/h3-4,6H,1-2H3. The van der Waals surface area contributed by atoms with Crippen LogP contribution in [0.4, 0.5) is 0 Å². The van der Waals surface area contributed by atoms with Gasteiger partial charge in [-0.2, -0.15) is 0 Å². The zero-order valence-electron chi connectivity index (χ0n) is 4.68. The van der Waals surface area contributed by atoms with E-state index in [0.29, 0.717) is 6.04 Å². The largest absolute Gasteiger partial charge is 0.286 e. The van der Waals surface area contributed by atoms with Crippen LogP contribution in [-0.4, -0.2) is 12.3 Å². The quantitative estimate of drug-likeness (QED) is 0.431. The van der Waals surface area contributed by atoms with Gasteiger partial charge in [0.05, 0.1) is 6.04 Å². The van der Waals surface area contributed by atoms with Crippen LogP contribution in [-0.2, 0) is 0 Å². The Morgan fingerprint density at radius 1 is 1.71 bits per heavy atom. The molecule has 0 bridgehead atoms. The summed E-state index contributed by atoms with van der Waals surface area (Å²) < 4.78 is 0. The van der Waals surface area contributed by atoms with Gasteiger partial charge in [-0.05, 0) is 19.4 Å². The summed E-state index contributed by atoms with van der Waals surface area (Å²) >= 11 is 0. The molecule has 0 fully saturated rings. The van der Waals surface area contributed by atoms with Gasteiger partial charge in [-0.15, -0.1) is 0 Å². The van der Waals surface area contributed by atoms with Gasteiger partial charge in [0, 0.05) is 6.21 Å². The van der Waals surface area contributed by atoms with Crippen LogP contribution < -0.4 is 0 Å². The summed E-state index contributed by atoms with van der Waals surface area (Å²) in [5, 5.41) is 0. The highest BCUT2D eigenvalue weighted by Gasteiger charge is 1.97. The third-order valence-electron chi connectivity index (χ3n) is 1.02. The van der Waals surface area contributed by atoms with Gasteiger partial charge in [0.2, 0.25) is 0 Å². The molecule has 0 amide bonds. The van der Waals surface area contributed by atoms with Gasteiger partial charge >= 0.3 is 0 Å². The lowest BCUT2D eigenvalue weighted by Gasteiger charge is -1.85. The van der Waals surface area contributed by atoms with Crippen LogP contribution >= 0.6 is 0 Å². The monoisotopic (exact) mass is 95.1 g/mol. The van der Waals surface area contributed by atoms with Crippen molar-refractivity contribution in [3.05, 3.63) is 11.6 Å². The Morgan fingerprint density at radius 2 is 2.43 bits per heavy atom. The minimum atomic E-state index is 0.431. The van der Waals surface area contributed by atoms with Crippen LogP contribution in [0.3, 0.4) is 0 Å². The van der Waals surface area contributed by atoms with E-state index in [2.05, 4.69) is 24.9 Å². The SMILES string of the molecule is CC1=CC(C)N=C1. The van der Waals surface area contributed by atoms with Crippen LogP contribution in [0.25, 0.3) is 0 Å². The molecule has 38 valence electrons. The topological polar surface area (TPSA) is 12.4 Å². The number of allylic oxidation sites excluding steroid dienone is 1. The Morgan fingerprint density at radius 3 is 2.57 bits per heavy atom. The van der Waals surface area contributed by atoms with Gasteiger partial charge in [-0.3, -0.25) is 4.99 Å². The van der Waals surface area contributed by atoms with Crippen molar-refractivity contribution in [2.45, 2.75) is 19.9 Å². The van der Waals surface area contributed by atoms with E-state index in [1.807, 2.05) is 6.21 Å². The van der Waals surface area contributed by atoms with E-state index >= 15 is 0 Å². The summed E-state index contributed by atoms with van der Waals surface area (Å²) in [6.07, 6.45) is 4.05. The number of aliphatic imine (C=N–C) groups is 1. The van der Waals surface area contributed by atoms with E-state index in [-0.39, 0.29) is 0 Å². The van der Waals surface area contributed by atoms with E-state index in [1.165, 1.54) is 5.57 Å². The first-order chi connectivity index (χ1) is 3.29. The third kappa shape index (κ3) is 0.889. The van der Waals surface area contributed by atoms with Crippen molar-refractivity contribution in [1.29, 1.82) is 0 Å². The van der Waals surface area contributed by atoms with E-state index in [1.54, 1.807) is 0 Å². The Labute approximate surface area is 43.8 Å². The molecule has 1 heteroatoms. The Hall–Kier alpha value is -0.590. The summed E-state index contributed by atoms with van der Waals surface area (Å²) in [6.45, 7) is 4.14. The lowest BCUT2D eigenvalue weighted by Crippen LogP contribution is -1.83. The molecule has 0 spiro atoms. The summed E-state index contributed by atoms with van der Waals surface area (Å²) in [6, 6.07) is 0.431. The molecule has 0 saturated heterocycles. The second kappa shape index (κ2) is 1.49. The second-order valence-electron chi connectivity index (χ2n) is 1.93. The molecular weight excluding hydrogens is 86.1 g/mol. The zero-order chi connectivity index (χ0) is 5.28. The molecule has 0 aliphatic carbocycles. The van der Waals surface area contributed by atoms with E-state index in [9.17, 15) is 0 Å². The highest BCUT2D eigenvalue weighted by molar-refractivity contribution is 5.80. The summed E-state index contributed by atoms with van der Waals surface area (Å²) in [7, 11) is 0. The molecule has 1 heterocycles. The molecule has 0 N–H and O–H groups in total. The lowest BCUT2D eigenvalue weighted by atomic mass is 10.3. The molecule has 1 nitrogen and oxygen atoms in total. The Balaban J connectivity index is 2.69. The fourth-order valence-electron chi connectivity index (χ4n) is 0.702. The molecule has 7 heavy (non-hydrogen) atoms. The van der Waals surface area contributed by atoms with Gasteiger partial charge in [0.15, 0.2) is 0 Å². The third-order valence-corrected chi connectivity index (χ3v) is 1.02. The predicted molar refractivity (Wildman–Crippen MR) is 31.7 cm³/mol. The maximum Gasteiger partial charge on any atom is 0.0657 e. The van der Waals surface area contributed by atoms with Crippen LogP contribution in [0.2, 0.25) is 0 Å². The molecule has 0 aromatic carbocycles. The summed E-state index contributed by atoms with van der Waals surface area (Å²) in [5.41, 5.74) is 1.28. The first-order valence-electron chi connectivity index (χ1n) is 2.50. The average Bonchev–Trinajstić information content (AvgIpc) is 1.87. The number of hydrogen-bond donors (Lipinski definition) is 0. The first kappa shape index (κ1) is 4.57. The van der Waals surface area contributed by atoms with Crippen molar-refractivity contribution in [3.8, 4) is 0 Å². The zero-order valence-corrected chi connectivity index (χ0v) is 4.68. The maximum atomic E-state index is 4.10. The van der Waals surface area contributed by atoms with Crippen LogP contribution in [0.1, 0.15) is 13.8 Å². The highest BCUT2D eigenvalue weighted by atomic mass is 14.8. The molecule has 1 rings (SSSR count).